The number of para-hydroxylation sites is 1. The first-order valence-corrected chi connectivity index (χ1v) is 10.1. The summed E-state index contributed by atoms with van der Waals surface area (Å²) in [6.07, 6.45) is 1.25. The molecular formula is C20H19N3O2S2. The molecule has 138 valence electrons. The number of nitrogens with zero attached hydrogens (tertiary/aromatic N) is 3. The van der Waals surface area contributed by atoms with E-state index in [4.69, 9.17) is 16.7 Å². The summed E-state index contributed by atoms with van der Waals surface area (Å²) >= 11 is 7.36. The van der Waals surface area contributed by atoms with Crippen LogP contribution in [0.1, 0.15) is 23.3 Å². The second-order valence-electron chi connectivity index (χ2n) is 6.36. The number of thiophene rings is 1. The Morgan fingerprint density at radius 1 is 1.22 bits per heavy atom. The summed E-state index contributed by atoms with van der Waals surface area (Å²) in [6, 6.07) is 15.1. The molecule has 0 radical (unpaired) electrons. The third kappa shape index (κ3) is 3.52. The van der Waals surface area contributed by atoms with Crippen molar-refractivity contribution in [2.24, 2.45) is 0 Å². The fourth-order valence-corrected chi connectivity index (χ4v) is 4.30. The maximum Gasteiger partial charge on any atom is 0.256 e. The number of aryl methyl sites for hydroxylation is 1. The molecule has 1 aromatic carbocycles. The van der Waals surface area contributed by atoms with Gasteiger partial charge in [0, 0.05) is 17.4 Å². The van der Waals surface area contributed by atoms with E-state index in [1.54, 1.807) is 16.2 Å². The van der Waals surface area contributed by atoms with E-state index < -0.39 is 6.04 Å². The molecule has 1 unspecified atom stereocenters. The Morgan fingerprint density at radius 3 is 2.70 bits per heavy atom. The lowest BCUT2D eigenvalue weighted by Gasteiger charge is -2.22. The van der Waals surface area contributed by atoms with E-state index in [1.807, 2.05) is 59.7 Å². The molecule has 0 bridgehead atoms. The summed E-state index contributed by atoms with van der Waals surface area (Å²) in [5.41, 5.74) is 1.68. The molecule has 5 nitrogen and oxygen atoms in total. The summed E-state index contributed by atoms with van der Waals surface area (Å²) in [4.78, 5) is 18.1. The first-order chi connectivity index (χ1) is 13.2. The number of anilines is 1. The second-order valence-corrected chi connectivity index (χ2v) is 7.75. The van der Waals surface area contributed by atoms with Gasteiger partial charge in [-0.25, -0.2) is 0 Å². The maximum absolute atomic E-state index is 13.3. The van der Waals surface area contributed by atoms with Gasteiger partial charge < -0.3 is 9.42 Å². The Morgan fingerprint density at radius 2 is 2.04 bits per heavy atom. The summed E-state index contributed by atoms with van der Waals surface area (Å²) < 4.78 is 5.44. The quantitative estimate of drug-likeness (QED) is 0.588. The van der Waals surface area contributed by atoms with Crippen LogP contribution in [-0.4, -0.2) is 27.1 Å². The molecule has 7 heteroatoms. The van der Waals surface area contributed by atoms with Gasteiger partial charge in [0.25, 0.3) is 5.91 Å². The fourth-order valence-electron chi connectivity index (χ4n) is 3.21. The molecule has 0 N–H and O–H groups in total. The van der Waals surface area contributed by atoms with E-state index >= 15 is 0 Å². The van der Waals surface area contributed by atoms with Crippen molar-refractivity contribution in [1.82, 2.24) is 10.1 Å². The lowest BCUT2D eigenvalue weighted by molar-refractivity contribution is -0.119. The molecule has 1 saturated heterocycles. The third-order valence-electron chi connectivity index (χ3n) is 4.60. The van der Waals surface area contributed by atoms with E-state index in [-0.39, 0.29) is 5.91 Å². The van der Waals surface area contributed by atoms with Crippen molar-refractivity contribution in [2.45, 2.75) is 32.4 Å². The highest BCUT2D eigenvalue weighted by molar-refractivity contribution is 7.80. The monoisotopic (exact) mass is 397 g/mol. The normalized spacial score (nSPS) is 17.1. The Bertz CT molecular complexity index is 937. The Balaban J connectivity index is 1.66. The number of amides is 1. The molecular weight excluding hydrogens is 378 g/mol. The number of thiocarbonyl (C=S) groups is 1. The summed E-state index contributed by atoms with van der Waals surface area (Å²) in [6.45, 7) is 2.63. The van der Waals surface area contributed by atoms with Crippen LogP contribution in [0, 0.1) is 0 Å². The van der Waals surface area contributed by atoms with Crippen LogP contribution in [0.3, 0.4) is 0 Å². The van der Waals surface area contributed by atoms with E-state index in [1.165, 1.54) is 0 Å². The van der Waals surface area contributed by atoms with Crippen molar-refractivity contribution in [2.75, 3.05) is 4.90 Å². The topological polar surface area (TPSA) is 49.6 Å². The number of carbonyl (C=O) groups excluding carboxylic acids is 1. The lowest BCUT2D eigenvalue weighted by atomic mass is 10.1. The van der Waals surface area contributed by atoms with Gasteiger partial charge in [0.15, 0.2) is 5.11 Å². The van der Waals surface area contributed by atoms with Gasteiger partial charge in [0.2, 0.25) is 0 Å². The summed E-state index contributed by atoms with van der Waals surface area (Å²) in [7, 11) is 0. The minimum absolute atomic E-state index is 0.0304. The zero-order valence-electron chi connectivity index (χ0n) is 14.9. The van der Waals surface area contributed by atoms with E-state index in [0.717, 1.165) is 22.7 Å². The van der Waals surface area contributed by atoms with Crippen molar-refractivity contribution in [3.05, 3.63) is 70.2 Å². The van der Waals surface area contributed by atoms with Crippen molar-refractivity contribution >= 4 is 40.3 Å². The summed E-state index contributed by atoms with van der Waals surface area (Å²) in [5, 5.41) is 6.61. The predicted octanol–water partition coefficient (Wildman–Crippen LogP) is 4.04. The Hall–Kier alpha value is -2.51. The van der Waals surface area contributed by atoms with Gasteiger partial charge in [-0.05, 0) is 42.2 Å². The van der Waals surface area contributed by atoms with Crippen molar-refractivity contribution in [3.8, 4) is 0 Å². The first-order valence-electron chi connectivity index (χ1n) is 8.84. The lowest BCUT2D eigenvalue weighted by Crippen LogP contribution is -2.35. The van der Waals surface area contributed by atoms with Gasteiger partial charge in [-0.1, -0.05) is 36.3 Å². The van der Waals surface area contributed by atoms with E-state index in [9.17, 15) is 4.79 Å². The van der Waals surface area contributed by atoms with Crippen LogP contribution >= 0.6 is 23.6 Å². The van der Waals surface area contributed by atoms with Gasteiger partial charge in [0.1, 0.15) is 11.8 Å². The zero-order chi connectivity index (χ0) is 18.8. The molecule has 1 atom stereocenters. The molecule has 0 spiro atoms. The maximum atomic E-state index is 13.3. The first kappa shape index (κ1) is 17.9. The van der Waals surface area contributed by atoms with E-state index in [0.29, 0.717) is 23.8 Å². The summed E-state index contributed by atoms with van der Waals surface area (Å²) in [5.74, 6) is 0.677. The highest BCUT2D eigenvalue weighted by atomic mass is 32.1. The second kappa shape index (κ2) is 7.62. The average molecular weight is 398 g/mol. The standard InChI is InChI=1S/C20H19N3O2S2/c1-2-14-11-16(25-21-14)12-18-19(24)23(15-7-4-3-5-8-15)20(26)22(18)13-17-9-6-10-27-17/h3-11,18H,2,12-13H2,1H3. The van der Waals surface area contributed by atoms with Crippen LogP contribution in [0.15, 0.2) is 58.4 Å². The fraction of sp³-hybridized carbons (Fsp3) is 0.250. The largest absolute Gasteiger partial charge is 0.361 e. The number of carbonyl (C=O) groups is 1. The molecule has 3 heterocycles. The molecule has 1 aliphatic rings. The molecule has 1 fully saturated rings. The molecule has 4 rings (SSSR count). The van der Waals surface area contributed by atoms with E-state index in [2.05, 4.69) is 11.2 Å². The minimum atomic E-state index is -0.405. The number of aromatic nitrogens is 1. The Labute approximate surface area is 167 Å². The molecule has 1 aliphatic heterocycles. The number of benzene rings is 1. The molecule has 0 aliphatic carbocycles. The van der Waals surface area contributed by atoms with Gasteiger partial charge in [-0.2, -0.15) is 0 Å². The van der Waals surface area contributed by atoms with Gasteiger partial charge in [-0.3, -0.25) is 9.69 Å². The number of rotatable bonds is 6. The minimum Gasteiger partial charge on any atom is -0.361 e. The Kier molecular flexibility index (Phi) is 5.05. The van der Waals surface area contributed by atoms with Crippen LogP contribution in [0.2, 0.25) is 0 Å². The molecule has 1 amide bonds. The SMILES string of the molecule is CCc1cc(CC2C(=O)N(c3ccccc3)C(=S)N2Cc2cccs2)on1. The van der Waals surface area contributed by atoms with Crippen LogP contribution < -0.4 is 4.90 Å². The number of hydrogen-bond acceptors (Lipinski definition) is 5. The highest BCUT2D eigenvalue weighted by Gasteiger charge is 2.43. The third-order valence-corrected chi connectivity index (χ3v) is 5.88. The van der Waals surface area contributed by atoms with Crippen molar-refractivity contribution in [3.63, 3.8) is 0 Å². The zero-order valence-corrected chi connectivity index (χ0v) is 16.5. The van der Waals surface area contributed by atoms with Crippen LogP contribution in [0.25, 0.3) is 0 Å². The molecule has 3 aromatic rings. The van der Waals surface area contributed by atoms with Crippen LogP contribution in [-0.2, 0) is 24.2 Å². The average Bonchev–Trinajstić information content (AvgIpc) is 3.40. The van der Waals surface area contributed by atoms with Gasteiger partial charge >= 0.3 is 0 Å². The van der Waals surface area contributed by atoms with Crippen molar-refractivity contribution in [1.29, 1.82) is 0 Å². The smallest absolute Gasteiger partial charge is 0.256 e. The molecule has 0 saturated carbocycles. The number of hydrogen-bond donors (Lipinski definition) is 0. The van der Waals surface area contributed by atoms with Gasteiger partial charge in [0.05, 0.1) is 17.9 Å². The molecule has 2 aromatic heterocycles. The predicted molar refractivity (Wildman–Crippen MR) is 110 cm³/mol. The van der Waals surface area contributed by atoms with Gasteiger partial charge in [-0.15, -0.1) is 11.3 Å². The van der Waals surface area contributed by atoms with Crippen LogP contribution in [0.5, 0.6) is 0 Å². The molecule has 27 heavy (non-hydrogen) atoms. The van der Waals surface area contributed by atoms with Crippen molar-refractivity contribution < 1.29 is 9.32 Å². The highest BCUT2D eigenvalue weighted by Crippen LogP contribution is 2.29. The van der Waals surface area contributed by atoms with Crippen LogP contribution in [0.4, 0.5) is 5.69 Å².